The maximum atomic E-state index is 12.9. The normalized spacial score (nSPS) is 23.1. The molecule has 4 heterocycles. The van der Waals surface area contributed by atoms with Crippen LogP contribution in [0.2, 0.25) is 0 Å². The molecule has 1 aromatic heterocycles. The van der Waals surface area contributed by atoms with Crippen molar-refractivity contribution in [1.82, 2.24) is 30.5 Å². The first-order valence-corrected chi connectivity index (χ1v) is 10.5. The van der Waals surface area contributed by atoms with Crippen LogP contribution in [0.5, 0.6) is 0 Å². The van der Waals surface area contributed by atoms with Crippen LogP contribution >= 0.6 is 0 Å². The standard InChI is InChI=1S/C21H24N6O4/c1-22-21(6-8-31-9-7-21)17-12-27(25-24-17)14-2-3-15-13(10-14)11-26(20(15)30)16-4-5-18(28)23-19(16)29/h2-3,10,12,16,22H,4-9,11H2,1H3,(H,23,28,29). The first-order chi connectivity index (χ1) is 15.0. The zero-order valence-electron chi connectivity index (χ0n) is 17.3. The number of nitrogens with one attached hydrogen (secondary N) is 2. The molecule has 0 radical (unpaired) electrons. The summed E-state index contributed by atoms with van der Waals surface area (Å²) in [6.07, 6.45) is 4.14. The van der Waals surface area contributed by atoms with Crippen LogP contribution in [0.15, 0.2) is 24.4 Å². The summed E-state index contributed by atoms with van der Waals surface area (Å²) in [5.41, 5.74) is 2.81. The Labute approximate surface area is 178 Å². The molecule has 3 amide bonds. The molecule has 1 unspecified atom stereocenters. The third kappa shape index (κ3) is 3.31. The number of rotatable bonds is 4. The van der Waals surface area contributed by atoms with Crippen LogP contribution in [0.4, 0.5) is 0 Å². The molecule has 2 aromatic rings. The highest BCUT2D eigenvalue weighted by Crippen LogP contribution is 2.32. The number of amides is 3. The molecule has 0 saturated carbocycles. The third-order valence-electron chi connectivity index (χ3n) is 6.58. The zero-order chi connectivity index (χ0) is 21.6. The number of nitrogens with zero attached hydrogens (tertiary/aromatic N) is 4. The lowest BCUT2D eigenvalue weighted by molar-refractivity contribution is -0.136. The quantitative estimate of drug-likeness (QED) is 0.676. The molecule has 1 aromatic carbocycles. The van der Waals surface area contributed by atoms with E-state index in [4.69, 9.17) is 4.74 Å². The maximum Gasteiger partial charge on any atom is 0.255 e. The summed E-state index contributed by atoms with van der Waals surface area (Å²) in [7, 11) is 1.93. The Morgan fingerprint density at radius 2 is 2.03 bits per heavy atom. The lowest BCUT2D eigenvalue weighted by Gasteiger charge is -2.35. The van der Waals surface area contributed by atoms with Crippen molar-refractivity contribution in [3.8, 4) is 5.69 Å². The minimum absolute atomic E-state index is 0.188. The lowest BCUT2D eigenvalue weighted by Crippen LogP contribution is -2.52. The van der Waals surface area contributed by atoms with Gasteiger partial charge in [0.05, 0.1) is 17.4 Å². The molecule has 1 atom stereocenters. The second-order valence-electron chi connectivity index (χ2n) is 8.23. The fourth-order valence-electron chi connectivity index (χ4n) is 4.67. The maximum absolute atomic E-state index is 12.9. The minimum Gasteiger partial charge on any atom is -0.381 e. The van der Waals surface area contributed by atoms with Crippen molar-refractivity contribution in [3.05, 3.63) is 41.2 Å². The molecule has 2 N–H and O–H groups in total. The number of aromatic nitrogens is 3. The molecule has 162 valence electrons. The number of carbonyl (C=O) groups excluding carboxylic acids is 3. The van der Waals surface area contributed by atoms with Crippen molar-refractivity contribution < 1.29 is 19.1 Å². The van der Waals surface area contributed by atoms with E-state index in [1.807, 2.05) is 25.4 Å². The monoisotopic (exact) mass is 424 g/mol. The summed E-state index contributed by atoms with van der Waals surface area (Å²) in [5.74, 6) is -0.891. The number of hydrogen-bond donors (Lipinski definition) is 2. The van der Waals surface area contributed by atoms with E-state index in [-0.39, 0.29) is 23.8 Å². The molecule has 10 nitrogen and oxygen atoms in total. The van der Waals surface area contributed by atoms with Crippen LogP contribution in [0.1, 0.15) is 47.3 Å². The fraction of sp³-hybridized carbons (Fsp3) is 0.476. The molecule has 5 rings (SSSR count). The first kappa shape index (κ1) is 19.8. The van der Waals surface area contributed by atoms with E-state index in [1.54, 1.807) is 15.6 Å². The topological polar surface area (TPSA) is 118 Å². The molecule has 3 aliphatic rings. The Bertz CT molecular complexity index is 1060. The highest BCUT2D eigenvalue weighted by molar-refractivity contribution is 6.05. The van der Waals surface area contributed by atoms with Gasteiger partial charge in [-0.25, -0.2) is 4.68 Å². The lowest BCUT2D eigenvalue weighted by atomic mass is 9.87. The van der Waals surface area contributed by atoms with E-state index in [2.05, 4.69) is 20.9 Å². The van der Waals surface area contributed by atoms with Crippen LogP contribution in [-0.4, -0.2) is 63.9 Å². The van der Waals surface area contributed by atoms with Crippen molar-refractivity contribution in [2.45, 2.75) is 43.8 Å². The molecule has 10 heteroatoms. The number of ether oxygens (including phenoxy) is 1. The average Bonchev–Trinajstić information content (AvgIpc) is 3.40. The minimum atomic E-state index is -0.622. The first-order valence-electron chi connectivity index (χ1n) is 10.5. The number of benzene rings is 1. The summed E-state index contributed by atoms with van der Waals surface area (Å²) < 4.78 is 7.21. The van der Waals surface area contributed by atoms with Crippen molar-refractivity contribution in [2.24, 2.45) is 0 Å². The number of piperidine rings is 1. The van der Waals surface area contributed by atoms with Gasteiger partial charge in [-0.15, -0.1) is 5.10 Å². The van der Waals surface area contributed by atoms with Crippen molar-refractivity contribution in [2.75, 3.05) is 20.3 Å². The van der Waals surface area contributed by atoms with Gasteiger partial charge >= 0.3 is 0 Å². The van der Waals surface area contributed by atoms with E-state index in [1.165, 1.54) is 0 Å². The molecule has 0 aliphatic carbocycles. The van der Waals surface area contributed by atoms with E-state index in [9.17, 15) is 14.4 Å². The van der Waals surface area contributed by atoms with Gasteiger partial charge in [-0.05, 0) is 50.1 Å². The highest BCUT2D eigenvalue weighted by atomic mass is 16.5. The summed E-state index contributed by atoms with van der Waals surface area (Å²) in [6.45, 7) is 1.67. The molecule has 0 spiro atoms. The largest absolute Gasteiger partial charge is 0.381 e. The fourth-order valence-corrected chi connectivity index (χ4v) is 4.67. The van der Waals surface area contributed by atoms with Crippen LogP contribution in [-0.2, 0) is 26.4 Å². The highest BCUT2D eigenvalue weighted by Gasteiger charge is 2.39. The molecular weight excluding hydrogens is 400 g/mol. The van der Waals surface area contributed by atoms with Crippen molar-refractivity contribution >= 4 is 17.7 Å². The number of carbonyl (C=O) groups is 3. The molecule has 2 saturated heterocycles. The Morgan fingerprint density at radius 3 is 2.77 bits per heavy atom. The van der Waals surface area contributed by atoms with Gasteiger partial charge in [0.1, 0.15) is 11.7 Å². The van der Waals surface area contributed by atoms with Crippen LogP contribution in [0, 0.1) is 0 Å². The average molecular weight is 424 g/mol. The van der Waals surface area contributed by atoms with Gasteiger partial charge in [-0.2, -0.15) is 0 Å². The molecule has 2 fully saturated rings. The van der Waals surface area contributed by atoms with Gasteiger partial charge in [0, 0.05) is 31.7 Å². The second-order valence-corrected chi connectivity index (χ2v) is 8.23. The molecule has 31 heavy (non-hydrogen) atoms. The SMILES string of the molecule is CNC1(c2cn(-c3ccc4c(c3)CN(C3CCC(=O)NC3=O)C4=O)nn2)CCOCC1. The number of imide groups is 1. The van der Waals surface area contributed by atoms with E-state index in [0.717, 1.165) is 29.8 Å². The third-order valence-corrected chi connectivity index (χ3v) is 6.58. The van der Waals surface area contributed by atoms with E-state index in [0.29, 0.717) is 31.7 Å². The molecular formula is C21H24N6O4. The van der Waals surface area contributed by atoms with Gasteiger partial charge in [-0.1, -0.05) is 5.21 Å². The Morgan fingerprint density at radius 1 is 1.23 bits per heavy atom. The predicted molar refractivity (Wildman–Crippen MR) is 108 cm³/mol. The zero-order valence-corrected chi connectivity index (χ0v) is 17.3. The van der Waals surface area contributed by atoms with E-state index >= 15 is 0 Å². The van der Waals surface area contributed by atoms with E-state index < -0.39 is 11.9 Å². The molecule has 0 bridgehead atoms. The van der Waals surface area contributed by atoms with Gasteiger partial charge < -0.3 is 15.0 Å². The summed E-state index contributed by atoms with van der Waals surface area (Å²) in [4.78, 5) is 38.1. The Hall–Kier alpha value is -3.11. The predicted octanol–water partition coefficient (Wildman–Crippen LogP) is 0.253. The van der Waals surface area contributed by atoms with Crippen LogP contribution < -0.4 is 10.6 Å². The smallest absolute Gasteiger partial charge is 0.255 e. The molecule has 3 aliphatic heterocycles. The van der Waals surface area contributed by atoms with Crippen LogP contribution in [0.3, 0.4) is 0 Å². The van der Waals surface area contributed by atoms with Gasteiger partial charge in [0.15, 0.2) is 0 Å². The Balaban J connectivity index is 1.39. The van der Waals surface area contributed by atoms with Crippen LogP contribution in [0.25, 0.3) is 5.69 Å². The second kappa shape index (κ2) is 7.54. The van der Waals surface area contributed by atoms with Crippen molar-refractivity contribution in [1.29, 1.82) is 0 Å². The summed E-state index contributed by atoms with van der Waals surface area (Å²) in [5, 5.41) is 14.4. The Kier molecular flexibility index (Phi) is 4.82. The van der Waals surface area contributed by atoms with Crippen molar-refractivity contribution in [3.63, 3.8) is 0 Å². The van der Waals surface area contributed by atoms with Gasteiger partial charge in [-0.3, -0.25) is 19.7 Å². The number of hydrogen-bond acceptors (Lipinski definition) is 7. The summed E-state index contributed by atoms with van der Waals surface area (Å²) >= 11 is 0. The van der Waals surface area contributed by atoms with Gasteiger partial charge in [0.25, 0.3) is 5.91 Å². The number of fused-ring (bicyclic) bond motifs is 1. The van der Waals surface area contributed by atoms with Gasteiger partial charge in [0.2, 0.25) is 11.8 Å². The summed E-state index contributed by atoms with van der Waals surface area (Å²) in [6, 6.07) is 4.89.